The molecule has 1 aromatic heterocycles. The third kappa shape index (κ3) is 2.71. The lowest BCUT2D eigenvalue weighted by atomic mass is 10.0. The Morgan fingerprint density at radius 1 is 1.18 bits per heavy atom. The Hall–Kier alpha value is -1.24. The normalized spacial score (nSPS) is 27.0. The van der Waals surface area contributed by atoms with Gasteiger partial charge in [0.25, 0.3) is 0 Å². The predicted molar refractivity (Wildman–Crippen MR) is 82.9 cm³/mol. The van der Waals surface area contributed by atoms with Gasteiger partial charge in [-0.2, -0.15) is 0 Å². The SMILES string of the molecule is O=C1CC(CF)CN1C1CCN(c2nnc(C3CC3)s2)CC1. The van der Waals surface area contributed by atoms with Crippen molar-refractivity contribution in [1.82, 2.24) is 15.1 Å². The van der Waals surface area contributed by atoms with Crippen molar-refractivity contribution in [3.05, 3.63) is 5.01 Å². The highest BCUT2D eigenvalue weighted by Crippen LogP contribution is 2.42. The van der Waals surface area contributed by atoms with Crippen molar-refractivity contribution in [3.8, 4) is 0 Å². The number of halogens is 1. The molecule has 1 saturated carbocycles. The molecule has 5 nitrogen and oxygen atoms in total. The van der Waals surface area contributed by atoms with Gasteiger partial charge >= 0.3 is 0 Å². The molecule has 0 aromatic carbocycles. The first kappa shape index (κ1) is 14.4. The van der Waals surface area contributed by atoms with Gasteiger partial charge in [0.1, 0.15) is 5.01 Å². The van der Waals surface area contributed by atoms with Crippen LogP contribution in [0.3, 0.4) is 0 Å². The van der Waals surface area contributed by atoms with Crippen LogP contribution in [0.2, 0.25) is 0 Å². The van der Waals surface area contributed by atoms with Crippen LogP contribution in [0, 0.1) is 5.92 Å². The number of likely N-dealkylation sites (tertiary alicyclic amines) is 1. The topological polar surface area (TPSA) is 49.3 Å². The summed E-state index contributed by atoms with van der Waals surface area (Å²) in [6.07, 6.45) is 4.79. The predicted octanol–water partition coefficient (Wildman–Crippen LogP) is 2.20. The van der Waals surface area contributed by atoms with Gasteiger partial charge in [0.2, 0.25) is 11.0 Å². The van der Waals surface area contributed by atoms with Crippen molar-refractivity contribution < 1.29 is 9.18 Å². The van der Waals surface area contributed by atoms with E-state index in [2.05, 4.69) is 15.1 Å². The molecule has 0 spiro atoms. The molecule has 3 fully saturated rings. The van der Waals surface area contributed by atoms with Crippen LogP contribution in [0.4, 0.5) is 9.52 Å². The number of anilines is 1. The third-order valence-corrected chi connectivity index (χ3v) is 6.14. The molecule has 120 valence electrons. The maximum Gasteiger partial charge on any atom is 0.223 e. The first-order chi connectivity index (χ1) is 10.7. The van der Waals surface area contributed by atoms with Crippen LogP contribution in [0.1, 0.15) is 43.0 Å². The van der Waals surface area contributed by atoms with E-state index in [0.717, 1.165) is 31.1 Å². The Bertz CT molecular complexity index is 553. The molecule has 2 saturated heterocycles. The lowest BCUT2D eigenvalue weighted by molar-refractivity contribution is -0.130. The van der Waals surface area contributed by atoms with Gasteiger partial charge in [-0.1, -0.05) is 11.3 Å². The van der Waals surface area contributed by atoms with Gasteiger partial charge < -0.3 is 9.80 Å². The molecule has 4 rings (SSSR count). The zero-order valence-electron chi connectivity index (χ0n) is 12.6. The van der Waals surface area contributed by atoms with E-state index in [1.807, 2.05) is 4.90 Å². The second-order valence-electron chi connectivity index (χ2n) is 6.69. The van der Waals surface area contributed by atoms with Crippen LogP contribution in [0.15, 0.2) is 0 Å². The molecule has 7 heteroatoms. The van der Waals surface area contributed by atoms with E-state index in [9.17, 15) is 9.18 Å². The number of hydrogen-bond acceptors (Lipinski definition) is 5. The van der Waals surface area contributed by atoms with E-state index < -0.39 is 0 Å². The van der Waals surface area contributed by atoms with Gasteiger partial charge in [0.15, 0.2) is 0 Å². The van der Waals surface area contributed by atoms with Crippen LogP contribution < -0.4 is 4.90 Å². The maximum absolute atomic E-state index is 12.8. The number of rotatable bonds is 4. The summed E-state index contributed by atoms with van der Waals surface area (Å²) in [6.45, 7) is 2.04. The summed E-state index contributed by atoms with van der Waals surface area (Å²) in [5.41, 5.74) is 0. The van der Waals surface area contributed by atoms with Gasteiger partial charge in [0, 0.05) is 43.9 Å². The molecule has 0 N–H and O–H groups in total. The molecule has 1 unspecified atom stereocenters. The van der Waals surface area contributed by atoms with Crippen molar-refractivity contribution in [2.75, 3.05) is 31.2 Å². The molecule has 1 amide bonds. The van der Waals surface area contributed by atoms with E-state index >= 15 is 0 Å². The molecule has 1 aromatic rings. The Morgan fingerprint density at radius 2 is 1.95 bits per heavy atom. The minimum Gasteiger partial charge on any atom is -0.347 e. The number of alkyl halides is 1. The van der Waals surface area contributed by atoms with Crippen LogP contribution in [0.25, 0.3) is 0 Å². The minimum atomic E-state index is -0.379. The van der Waals surface area contributed by atoms with E-state index in [-0.39, 0.29) is 24.5 Å². The molecule has 1 aliphatic carbocycles. The summed E-state index contributed by atoms with van der Waals surface area (Å²) in [4.78, 5) is 16.2. The Balaban J connectivity index is 1.34. The Labute approximate surface area is 133 Å². The van der Waals surface area contributed by atoms with Crippen molar-refractivity contribution in [2.45, 2.75) is 44.1 Å². The summed E-state index contributed by atoms with van der Waals surface area (Å²) < 4.78 is 12.8. The lowest BCUT2D eigenvalue weighted by Crippen LogP contribution is -2.45. The van der Waals surface area contributed by atoms with Crippen LogP contribution in [0.5, 0.6) is 0 Å². The third-order valence-electron chi connectivity index (χ3n) is 4.99. The van der Waals surface area contributed by atoms with E-state index in [1.54, 1.807) is 11.3 Å². The Kier molecular flexibility index (Phi) is 3.76. The van der Waals surface area contributed by atoms with Gasteiger partial charge in [-0.25, -0.2) is 0 Å². The average molecular weight is 324 g/mol. The second kappa shape index (κ2) is 5.76. The summed E-state index contributed by atoms with van der Waals surface area (Å²) in [6, 6.07) is 0.274. The zero-order chi connectivity index (χ0) is 15.1. The average Bonchev–Trinajstić information content (AvgIpc) is 3.15. The fourth-order valence-corrected chi connectivity index (χ4v) is 4.55. The van der Waals surface area contributed by atoms with Crippen LogP contribution in [-0.4, -0.2) is 53.4 Å². The maximum atomic E-state index is 12.8. The number of carbonyl (C=O) groups excluding carboxylic acids is 1. The summed E-state index contributed by atoms with van der Waals surface area (Å²) in [7, 11) is 0. The van der Waals surface area contributed by atoms with E-state index in [0.29, 0.717) is 18.9 Å². The summed E-state index contributed by atoms with van der Waals surface area (Å²) in [5, 5.41) is 10.8. The number of nitrogens with zero attached hydrogens (tertiary/aromatic N) is 4. The number of amides is 1. The summed E-state index contributed by atoms with van der Waals surface area (Å²) in [5.74, 6) is 0.700. The molecule has 1 atom stereocenters. The van der Waals surface area contributed by atoms with Crippen molar-refractivity contribution in [1.29, 1.82) is 0 Å². The van der Waals surface area contributed by atoms with Gasteiger partial charge in [0.05, 0.1) is 6.67 Å². The molecule has 3 heterocycles. The first-order valence-electron chi connectivity index (χ1n) is 8.18. The number of piperidine rings is 1. The van der Waals surface area contributed by atoms with Gasteiger partial charge in [-0.05, 0) is 25.7 Å². The second-order valence-corrected chi connectivity index (χ2v) is 7.67. The molecule has 22 heavy (non-hydrogen) atoms. The summed E-state index contributed by atoms with van der Waals surface area (Å²) >= 11 is 1.72. The number of aromatic nitrogens is 2. The number of carbonyl (C=O) groups is 1. The fourth-order valence-electron chi connectivity index (χ4n) is 3.48. The van der Waals surface area contributed by atoms with E-state index in [4.69, 9.17) is 0 Å². The fraction of sp³-hybridized carbons (Fsp3) is 0.800. The molecule has 2 aliphatic heterocycles. The largest absolute Gasteiger partial charge is 0.347 e. The van der Waals surface area contributed by atoms with E-state index in [1.165, 1.54) is 17.8 Å². The van der Waals surface area contributed by atoms with Crippen molar-refractivity contribution in [2.24, 2.45) is 5.92 Å². The zero-order valence-corrected chi connectivity index (χ0v) is 13.4. The highest BCUT2D eigenvalue weighted by molar-refractivity contribution is 7.15. The molecule has 0 radical (unpaired) electrons. The highest BCUT2D eigenvalue weighted by atomic mass is 32.1. The van der Waals surface area contributed by atoms with Gasteiger partial charge in [-0.3, -0.25) is 9.18 Å². The highest BCUT2D eigenvalue weighted by Gasteiger charge is 2.36. The lowest BCUT2D eigenvalue weighted by Gasteiger charge is -2.36. The smallest absolute Gasteiger partial charge is 0.223 e. The van der Waals surface area contributed by atoms with Gasteiger partial charge in [-0.15, -0.1) is 10.2 Å². The first-order valence-corrected chi connectivity index (χ1v) is 9.00. The quantitative estimate of drug-likeness (QED) is 0.852. The monoisotopic (exact) mass is 324 g/mol. The molecular formula is C15H21FN4OS. The standard InChI is InChI=1S/C15H21FN4OS/c16-8-10-7-13(21)20(9-10)12-3-5-19(6-4-12)15-18-17-14(22-15)11-1-2-11/h10-12H,1-9H2. The van der Waals surface area contributed by atoms with Crippen LogP contribution in [-0.2, 0) is 4.79 Å². The minimum absolute atomic E-state index is 0.0882. The Morgan fingerprint density at radius 3 is 2.59 bits per heavy atom. The van der Waals surface area contributed by atoms with Crippen LogP contribution >= 0.6 is 11.3 Å². The molecule has 0 bridgehead atoms. The van der Waals surface area contributed by atoms with Crippen molar-refractivity contribution in [3.63, 3.8) is 0 Å². The molecular weight excluding hydrogens is 303 g/mol. The molecule has 3 aliphatic rings. The number of hydrogen-bond donors (Lipinski definition) is 0. The van der Waals surface area contributed by atoms with Crippen molar-refractivity contribution >= 4 is 22.4 Å².